The molecular formula is C20H20N2O7S. The van der Waals surface area contributed by atoms with E-state index < -0.39 is 17.5 Å². The van der Waals surface area contributed by atoms with Crippen molar-refractivity contribution in [2.24, 2.45) is 0 Å². The van der Waals surface area contributed by atoms with Gasteiger partial charge in [0.25, 0.3) is 0 Å². The van der Waals surface area contributed by atoms with Gasteiger partial charge in [-0.1, -0.05) is 0 Å². The van der Waals surface area contributed by atoms with Gasteiger partial charge in [0.05, 0.1) is 45.4 Å². The molecule has 0 fully saturated rings. The fraction of sp³-hybridized carbons (Fsp3) is 0.300. The third-order valence-electron chi connectivity index (χ3n) is 4.49. The molecule has 1 aromatic carbocycles. The van der Waals surface area contributed by atoms with Crippen LogP contribution in [-0.4, -0.2) is 38.2 Å². The molecule has 3 aromatic rings. The molecule has 2 aromatic heterocycles. The number of anilines is 1. The number of ether oxygens (including phenoxy) is 3. The monoisotopic (exact) mass is 432 g/mol. The van der Waals surface area contributed by atoms with Crippen molar-refractivity contribution in [1.82, 2.24) is 4.98 Å². The maximum atomic E-state index is 12.6. The van der Waals surface area contributed by atoms with Gasteiger partial charge in [-0.2, -0.15) is 0 Å². The number of nitrogens with one attached hydrogen (secondary N) is 1. The minimum atomic E-state index is -0.632. The topological polar surface area (TPSA) is 117 Å². The number of hydrogen-bond acceptors (Lipinski definition) is 9. The third kappa shape index (κ3) is 4.28. The molecule has 0 spiro atoms. The third-order valence-corrected chi connectivity index (χ3v) is 5.29. The summed E-state index contributed by atoms with van der Waals surface area (Å²) in [6.45, 7) is 1.74. The van der Waals surface area contributed by atoms with Gasteiger partial charge in [-0.25, -0.2) is 9.78 Å². The number of amides is 1. The van der Waals surface area contributed by atoms with Crippen LogP contribution < -0.4 is 20.4 Å². The zero-order chi connectivity index (χ0) is 21.8. The SMILES string of the molecule is COC(=O)Cc1csc(NC(=O)Cc2c(C)c3ccc(OC)c(OC)c3oc2=O)n1. The quantitative estimate of drug-likeness (QED) is 0.447. The second-order valence-corrected chi connectivity index (χ2v) is 7.15. The van der Waals surface area contributed by atoms with Gasteiger partial charge in [-0.3, -0.25) is 9.59 Å². The summed E-state index contributed by atoms with van der Waals surface area (Å²) in [6, 6.07) is 3.45. The molecule has 0 bridgehead atoms. The fourth-order valence-corrected chi connectivity index (χ4v) is 3.69. The Morgan fingerprint density at radius 2 is 1.93 bits per heavy atom. The van der Waals surface area contributed by atoms with Gasteiger partial charge in [-0.15, -0.1) is 11.3 Å². The molecule has 1 amide bonds. The second-order valence-electron chi connectivity index (χ2n) is 6.29. The first-order chi connectivity index (χ1) is 14.4. The summed E-state index contributed by atoms with van der Waals surface area (Å²) in [5.41, 5.74) is 0.967. The van der Waals surface area contributed by atoms with Crippen LogP contribution in [0.15, 0.2) is 26.7 Å². The zero-order valence-electron chi connectivity index (χ0n) is 16.9. The van der Waals surface area contributed by atoms with Crippen LogP contribution in [0.3, 0.4) is 0 Å². The van der Waals surface area contributed by atoms with E-state index in [1.807, 2.05) is 0 Å². The number of hydrogen-bond donors (Lipinski definition) is 1. The first kappa shape index (κ1) is 21.3. The van der Waals surface area contributed by atoms with Crippen molar-refractivity contribution in [3.8, 4) is 11.5 Å². The van der Waals surface area contributed by atoms with Crippen molar-refractivity contribution in [2.45, 2.75) is 19.8 Å². The predicted octanol–water partition coefficient (Wildman–Crippen LogP) is 2.47. The molecule has 0 aliphatic carbocycles. The Morgan fingerprint density at radius 3 is 2.60 bits per heavy atom. The fourth-order valence-electron chi connectivity index (χ4n) is 2.96. The summed E-state index contributed by atoms with van der Waals surface area (Å²) >= 11 is 1.18. The Kier molecular flexibility index (Phi) is 6.36. The summed E-state index contributed by atoms with van der Waals surface area (Å²) in [7, 11) is 4.24. The normalized spacial score (nSPS) is 10.7. The van der Waals surface area contributed by atoms with E-state index in [9.17, 15) is 14.4 Å². The van der Waals surface area contributed by atoms with Crippen molar-refractivity contribution < 1.29 is 28.2 Å². The van der Waals surface area contributed by atoms with E-state index in [0.29, 0.717) is 33.3 Å². The van der Waals surface area contributed by atoms with Crippen LogP contribution in [0.4, 0.5) is 5.13 Å². The maximum Gasteiger partial charge on any atom is 0.340 e. The summed E-state index contributed by atoms with van der Waals surface area (Å²) in [6.07, 6.45) is -0.175. The Labute approximate surface area is 175 Å². The molecule has 9 nitrogen and oxygen atoms in total. The number of nitrogens with zero attached hydrogens (tertiary/aromatic N) is 1. The number of thiazole rings is 1. The van der Waals surface area contributed by atoms with E-state index >= 15 is 0 Å². The van der Waals surface area contributed by atoms with Crippen LogP contribution in [0.2, 0.25) is 0 Å². The van der Waals surface area contributed by atoms with Crippen LogP contribution in [0.5, 0.6) is 11.5 Å². The molecule has 158 valence electrons. The summed E-state index contributed by atoms with van der Waals surface area (Å²) < 4.78 is 20.6. The van der Waals surface area contributed by atoms with E-state index in [-0.39, 0.29) is 24.0 Å². The molecule has 0 aliphatic heterocycles. The van der Waals surface area contributed by atoms with Gasteiger partial charge in [-0.05, 0) is 24.6 Å². The average molecular weight is 432 g/mol. The summed E-state index contributed by atoms with van der Waals surface area (Å²) in [5, 5.41) is 5.26. The van der Waals surface area contributed by atoms with E-state index in [2.05, 4.69) is 15.0 Å². The molecule has 1 N–H and O–H groups in total. The van der Waals surface area contributed by atoms with E-state index in [4.69, 9.17) is 13.9 Å². The van der Waals surface area contributed by atoms with Crippen LogP contribution in [0.25, 0.3) is 11.0 Å². The molecule has 0 aliphatic rings. The Bertz CT molecular complexity index is 1170. The lowest BCUT2D eigenvalue weighted by molar-refractivity contribution is -0.139. The Morgan fingerprint density at radius 1 is 1.17 bits per heavy atom. The standard InChI is InChI=1S/C20H20N2O7S/c1-10-12-5-6-14(26-2)18(28-4)17(12)29-19(25)13(10)8-15(23)22-20-21-11(9-30-20)7-16(24)27-3/h5-6,9H,7-8H2,1-4H3,(H,21,22,23). The number of esters is 1. The van der Waals surface area contributed by atoms with E-state index in [1.54, 1.807) is 24.4 Å². The highest BCUT2D eigenvalue weighted by Crippen LogP contribution is 2.36. The van der Waals surface area contributed by atoms with Gasteiger partial charge >= 0.3 is 11.6 Å². The first-order valence-electron chi connectivity index (χ1n) is 8.86. The molecule has 30 heavy (non-hydrogen) atoms. The lowest BCUT2D eigenvalue weighted by Gasteiger charge is -2.12. The lowest BCUT2D eigenvalue weighted by atomic mass is 10.0. The van der Waals surface area contributed by atoms with Crippen LogP contribution in [0.1, 0.15) is 16.8 Å². The molecule has 0 unspecified atom stereocenters. The highest BCUT2D eigenvalue weighted by molar-refractivity contribution is 7.13. The van der Waals surface area contributed by atoms with Crippen LogP contribution in [0, 0.1) is 6.92 Å². The molecule has 2 heterocycles. The minimum absolute atomic E-state index is 0.0154. The van der Waals surface area contributed by atoms with Crippen molar-refractivity contribution in [1.29, 1.82) is 0 Å². The molecular weight excluding hydrogens is 412 g/mol. The number of carbonyl (C=O) groups is 2. The first-order valence-corrected chi connectivity index (χ1v) is 9.74. The molecule has 10 heteroatoms. The summed E-state index contributed by atoms with van der Waals surface area (Å²) in [5.74, 6) is -0.101. The summed E-state index contributed by atoms with van der Waals surface area (Å²) in [4.78, 5) is 40.5. The van der Waals surface area contributed by atoms with Gasteiger partial charge in [0.2, 0.25) is 11.7 Å². The molecule has 0 radical (unpaired) electrons. The van der Waals surface area contributed by atoms with Crippen molar-refractivity contribution >= 4 is 39.3 Å². The van der Waals surface area contributed by atoms with E-state index in [0.717, 1.165) is 0 Å². The molecule has 0 saturated carbocycles. The number of benzene rings is 1. The maximum absolute atomic E-state index is 12.6. The highest BCUT2D eigenvalue weighted by atomic mass is 32.1. The Hall–Kier alpha value is -3.40. The van der Waals surface area contributed by atoms with Crippen LogP contribution in [-0.2, 0) is 27.2 Å². The van der Waals surface area contributed by atoms with Gasteiger partial charge < -0.3 is 23.9 Å². The predicted molar refractivity (Wildman–Crippen MR) is 110 cm³/mol. The number of aromatic nitrogens is 1. The largest absolute Gasteiger partial charge is 0.493 e. The Balaban J connectivity index is 1.84. The minimum Gasteiger partial charge on any atom is -0.493 e. The van der Waals surface area contributed by atoms with E-state index in [1.165, 1.54) is 32.7 Å². The van der Waals surface area contributed by atoms with Gasteiger partial charge in [0.15, 0.2) is 16.5 Å². The van der Waals surface area contributed by atoms with Gasteiger partial charge in [0.1, 0.15) is 0 Å². The van der Waals surface area contributed by atoms with Crippen molar-refractivity contribution in [3.63, 3.8) is 0 Å². The molecule has 0 atom stereocenters. The number of aryl methyl sites for hydroxylation is 1. The molecule has 0 saturated heterocycles. The molecule has 3 rings (SSSR count). The second kappa shape index (κ2) is 8.95. The van der Waals surface area contributed by atoms with Crippen LogP contribution >= 0.6 is 11.3 Å². The van der Waals surface area contributed by atoms with Crippen molar-refractivity contribution in [3.05, 3.63) is 44.8 Å². The highest BCUT2D eigenvalue weighted by Gasteiger charge is 2.20. The van der Waals surface area contributed by atoms with Gasteiger partial charge in [0, 0.05) is 10.8 Å². The number of fused-ring (bicyclic) bond motifs is 1. The smallest absolute Gasteiger partial charge is 0.340 e. The number of carbonyl (C=O) groups excluding carboxylic acids is 2. The lowest BCUT2D eigenvalue weighted by Crippen LogP contribution is -2.20. The zero-order valence-corrected chi connectivity index (χ0v) is 17.7. The number of rotatable bonds is 7. The average Bonchev–Trinajstić information content (AvgIpc) is 3.16. The van der Waals surface area contributed by atoms with Crippen molar-refractivity contribution in [2.75, 3.05) is 26.6 Å². The number of methoxy groups -OCH3 is 3.